The average molecular weight is 295 g/mol. The van der Waals surface area contributed by atoms with E-state index in [2.05, 4.69) is 29.2 Å². The van der Waals surface area contributed by atoms with Crippen LogP contribution in [-0.4, -0.2) is 30.9 Å². The van der Waals surface area contributed by atoms with Crippen molar-refractivity contribution in [3.63, 3.8) is 0 Å². The van der Waals surface area contributed by atoms with Gasteiger partial charge in [-0.1, -0.05) is 30.3 Å². The van der Waals surface area contributed by atoms with Crippen LogP contribution in [0.1, 0.15) is 22.3 Å². The van der Waals surface area contributed by atoms with Crippen LogP contribution in [0.25, 0.3) is 0 Å². The summed E-state index contributed by atoms with van der Waals surface area (Å²) in [6, 6.07) is 17.9. The van der Waals surface area contributed by atoms with Gasteiger partial charge in [-0.05, 0) is 42.8 Å². The standard InChI is InChI=1S/C19H21NO2/c1-22-18-9-7-16(8-10-18)19(21)17-11-12-20(14-17)13-15-5-3-2-4-6-15/h2-10,17H,11-14H2,1H3. The van der Waals surface area contributed by atoms with Crippen molar-refractivity contribution in [2.75, 3.05) is 20.2 Å². The van der Waals surface area contributed by atoms with Crippen LogP contribution >= 0.6 is 0 Å². The second-order valence-electron chi connectivity index (χ2n) is 5.80. The van der Waals surface area contributed by atoms with E-state index in [-0.39, 0.29) is 11.7 Å². The number of hydrogen-bond donors (Lipinski definition) is 0. The zero-order valence-electron chi connectivity index (χ0n) is 12.9. The largest absolute Gasteiger partial charge is 0.497 e. The number of methoxy groups -OCH3 is 1. The van der Waals surface area contributed by atoms with Crippen molar-refractivity contribution in [1.82, 2.24) is 4.90 Å². The van der Waals surface area contributed by atoms with Crippen LogP contribution in [0, 0.1) is 5.92 Å². The van der Waals surface area contributed by atoms with Crippen LogP contribution in [0.3, 0.4) is 0 Å². The minimum atomic E-state index is 0.108. The van der Waals surface area contributed by atoms with Crippen LogP contribution in [0.15, 0.2) is 54.6 Å². The Kier molecular flexibility index (Phi) is 4.54. The minimum absolute atomic E-state index is 0.108. The molecule has 1 saturated heterocycles. The smallest absolute Gasteiger partial charge is 0.167 e. The Morgan fingerprint density at radius 3 is 2.55 bits per heavy atom. The van der Waals surface area contributed by atoms with E-state index in [1.54, 1.807) is 7.11 Å². The number of ketones is 1. The topological polar surface area (TPSA) is 29.5 Å². The summed E-state index contributed by atoms with van der Waals surface area (Å²) in [6.07, 6.45) is 0.942. The molecular formula is C19H21NO2. The van der Waals surface area contributed by atoms with Crippen molar-refractivity contribution in [1.29, 1.82) is 0 Å². The fourth-order valence-corrected chi connectivity index (χ4v) is 3.02. The monoisotopic (exact) mass is 295 g/mol. The number of benzene rings is 2. The van der Waals surface area contributed by atoms with Crippen LogP contribution in [0.5, 0.6) is 5.75 Å². The summed E-state index contributed by atoms with van der Waals surface area (Å²) in [5.74, 6) is 1.14. The zero-order chi connectivity index (χ0) is 15.4. The molecule has 114 valence electrons. The number of hydrogen-bond acceptors (Lipinski definition) is 3. The highest BCUT2D eigenvalue weighted by molar-refractivity contribution is 5.98. The summed E-state index contributed by atoms with van der Waals surface area (Å²) in [5, 5.41) is 0. The van der Waals surface area contributed by atoms with E-state index in [1.165, 1.54) is 5.56 Å². The first-order valence-corrected chi connectivity index (χ1v) is 7.71. The molecule has 0 amide bonds. The average Bonchev–Trinajstić information content (AvgIpc) is 3.04. The molecule has 0 radical (unpaired) electrons. The Morgan fingerprint density at radius 1 is 1.14 bits per heavy atom. The van der Waals surface area contributed by atoms with E-state index >= 15 is 0 Å². The number of rotatable bonds is 5. The molecule has 1 aliphatic rings. The normalized spacial score (nSPS) is 18.3. The van der Waals surface area contributed by atoms with Crippen LogP contribution in [-0.2, 0) is 6.54 Å². The van der Waals surface area contributed by atoms with Crippen molar-refractivity contribution in [3.8, 4) is 5.75 Å². The molecule has 3 nitrogen and oxygen atoms in total. The summed E-state index contributed by atoms with van der Waals surface area (Å²) in [7, 11) is 1.63. The SMILES string of the molecule is COc1ccc(C(=O)C2CCN(Cc3ccccc3)C2)cc1. The fourth-order valence-electron chi connectivity index (χ4n) is 3.02. The van der Waals surface area contributed by atoms with Gasteiger partial charge in [0.1, 0.15) is 5.75 Å². The first kappa shape index (κ1) is 14.8. The summed E-state index contributed by atoms with van der Waals surface area (Å²) in [6.45, 7) is 2.76. The Bertz CT molecular complexity index is 622. The Morgan fingerprint density at radius 2 is 1.86 bits per heavy atom. The zero-order valence-corrected chi connectivity index (χ0v) is 12.9. The van der Waals surface area contributed by atoms with Gasteiger partial charge in [-0.2, -0.15) is 0 Å². The first-order chi connectivity index (χ1) is 10.8. The van der Waals surface area contributed by atoms with Gasteiger partial charge in [-0.3, -0.25) is 9.69 Å². The summed E-state index contributed by atoms with van der Waals surface area (Å²) >= 11 is 0. The molecule has 1 fully saturated rings. The third-order valence-corrected chi connectivity index (χ3v) is 4.27. The summed E-state index contributed by atoms with van der Waals surface area (Å²) < 4.78 is 5.14. The van der Waals surface area contributed by atoms with Gasteiger partial charge in [-0.25, -0.2) is 0 Å². The summed E-state index contributed by atoms with van der Waals surface area (Å²) in [4.78, 5) is 14.9. The van der Waals surface area contributed by atoms with E-state index in [4.69, 9.17) is 4.74 Å². The summed E-state index contributed by atoms with van der Waals surface area (Å²) in [5.41, 5.74) is 2.09. The molecule has 1 aliphatic heterocycles. The van der Waals surface area contributed by atoms with Crippen molar-refractivity contribution >= 4 is 5.78 Å². The molecule has 1 unspecified atom stereocenters. The second-order valence-corrected chi connectivity index (χ2v) is 5.80. The lowest BCUT2D eigenvalue weighted by Gasteiger charge is -2.15. The third-order valence-electron chi connectivity index (χ3n) is 4.27. The lowest BCUT2D eigenvalue weighted by molar-refractivity contribution is 0.0922. The Balaban J connectivity index is 1.60. The predicted octanol–water partition coefficient (Wildman–Crippen LogP) is 3.40. The first-order valence-electron chi connectivity index (χ1n) is 7.71. The van der Waals surface area contributed by atoms with E-state index in [9.17, 15) is 4.79 Å². The number of likely N-dealkylation sites (tertiary alicyclic amines) is 1. The number of carbonyl (C=O) groups excluding carboxylic acids is 1. The molecule has 3 heteroatoms. The lowest BCUT2D eigenvalue weighted by atomic mass is 9.97. The lowest BCUT2D eigenvalue weighted by Crippen LogP contribution is -2.23. The quantitative estimate of drug-likeness (QED) is 0.792. The number of carbonyl (C=O) groups is 1. The van der Waals surface area contributed by atoms with Crippen LogP contribution in [0.2, 0.25) is 0 Å². The van der Waals surface area contributed by atoms with Crippen molar-refractivity contribution in [3.05, 3.63) is 65.7 Å². The molecule has 1 heterocycles. The maximum Gasteiger partial charge on any atom is 0.167 e. The minimum Gasteiger partial charge on any atom is -0.497 e. The van der Waals surface area contributed by atoms with Crippen molar-refractivity contribution in [2.24, 2.45) is 5.92 Å². The number of ether oxygens (including phenoxy) is 1. The van der Waals surface area contributed by atoms with Crippen molar-refractivity contribution in [2.45, 2.75) is 13.0 Å². The van der Waals surface area contributed by atoms with Gasteiger partial charge in [0.05, 0.1) is 7.11 Å². The molecule has 0 bridgehead atoms. The van der Waals surface area contributed by atoms with Gasteiger partial charge in [0.25, 0.3) is 0 Å². The molecule has 2 aromatic carbocycles. The van der Waals surface area contributed by atoms with Crippen LogP contribution < -0.4 is 4.74 Å². The molecule has 0 spiro atoms. The van der Waals surface area contributed by atoms with Crippen LogP contribution in [0.4, 0.5) is 0 Å². The third kappa shape index (κ3) is 3.37. The molecule has 1 atom stereocenters. The highest BCUT2D eigenvalue weighted by Crippen LogP contribution is 2.23. The van der Waals surface area contributed by atoms with Gasteiger partial charge in [0, 0.05) is 24.6 Å². The van der Waals surface area contributed by atoms with Gasteiger partial charge in [-0.15, -0.1) is 0 Å². The predicted molar refractivity (Wildman–Crippen MR) is 87.2 cm³/mol. The second kappa shape index (κ2) is 6.75. The van der Waals surface area contributed by atoms with Crippen molar-refractivity contribution < 1.29 is 9.53 Å². The number of Topliss-reactive ketones (excluding diaryl/α,β-unsaturated/α-hetero) is 1. The molecule has 0 saturated carbocycles. The fraction of sp³-hybridized carbons (Fsp3) is 0.316. The van der Waals surface area contributed by atoms with Gasteiger partial charge >= 0.3 is 0 Å². The Hall–Kier alpha value is -2.13. The van der Waals surface area contributed by atoms with Gasteiger partial charge in [0.15, 0.2) is 5.78 Å². The maximum atomic E-state index is 12.6. The highest BCUT2D eigenvalue weighted by atomic mass is 16.5. The van der Waals surface area contributed by atoms with E-state index in [0.29, 0.717) is 0 Å². The molecule has 0 aliphatic carbocycles. The molecule has 22 heavy (non-hydrogen) atoms. The Labute approximate surface area is 131 Å². The highest BCUT2D eigenvalue weighted by Gasteiger charge is 2.28. The van der Waals surface area contributed by atoms with E-state index in [1.807, 2.05) is 30.3 Å². The molecular weight excluding hydrogens is 274 g/mol. The molecule has 0 N–H and O–H groups in total. The molecule has 0 aromatic heterocycles. The van der Waals surface area contributed by atoms with E-state index < -0.39 is 0 Å². The molecule has 3 rings (SSSR count). The van der Waals surface area contributed by atoms with Gasteiger partial charge in [0.2, 0.25) is 0 Å². The maximum absolute atomic E-state index is 12.6. The number of nitrogens with zero attached hydrogens (tertiary/aromatic N) is 1. The van der Waals surface area contributed by atoms with E-state index in [0.717, 1.165) is 37.4 Å². The van der Waals surface area contributed by atoms with Gasteiger partial charge < -0.3 is 4.74 Å². The molecule has 2 aromatic rings.